The number of aromatic nitrogens is 1. The summed E-state index contributed by atoms with van der Waals surface area (Å²) in [5, 5.41) is 10.5. The third-order valence-corrected chi connectivity index (χ3v) is 3.85. The van der Waals surface area contributed by atoms with Crippen LogP contribution in [0.3, 0.4) is 0 Å². The molecule has 3 aromatic rings. The molecule has 0 aliphatic rings. The van der Waals surface area contributed by atoms with Gasteiger partial charge in [0.1, 0.15) is 5.75 Å². The van der Waals surface area contributed by atoms with Crippen LogP contribution in [0.25, 0.3) is 22.0 Å². The maximum atomic E-state index is 11.1. The Morgan fingerprint density at radius 1 is 1.10 bits per heavy atom. The number of rotatable bonds is 3. The third-order valence-electron chi connectivity index (χ3n) is 3.29. The molecule has 1 aromatic heterocycles. The van der Waals surface area contributed by atoms with Crippen LogP contribution in [0.2, 0.25) is 0 Å². The summed E-state index contributed by atoms with van der Waals surface area (Å²) in [5.74, 6) is 0.249. The van der Waals surface area contributed by atoms with Crippen LogP contribution < -0.4 is 0 Å². The minimum absolute atomic E-state index is 0.0494. The van der Waals surface area contributed by atoms with E-state index in [-0.39, 0.29) is 11.5 Å². The monoisotopic (exact) mass is 299 g/mol. The Kier molecular flexibility index (Phi) is 3.68. The molecule has 0 radical (unpaired) electrons. The van der Waals surface area contributed by atoms with Crippen molar-refractivity contribution in [1.29, 1.82) is 0 Å². The van der Waals surface area contributed by atoms with Crippen molar-refractivity contribution < 1.29 is 13.9 Å². The second-order valence-electron chi connectivity index (χ2n) is 4.69. The molecule has 2 N–H and O–H groups in total. The maximum Gasteiger partial charge on any atom is 0.157 e. The summed E-state index contributed by atoms with van der Waals surface area (Å²) in [6, 6.07) is 14.4. The molecule has 0 saturated carbocycles. The zero-order valence-corrected chi connectivity index (χ0v) is 11.9. The summed E-state index contributed by atoms with van der Waals surface area (Å²) in [6.07, 6.45) is 1.67. The van der Waals surface area contributed by atoms with Gasteiger partial charge in [0.05, 0.1) is 11.3 Å². The Morgan fingerprint density at radius 2 is 1.90 bits per heavy atom. The summed E-state index contributed by atoms with van der Waals surface area (Å²) >= 11 is -1.91. The Hall–Kier alpha value is -2.24. The van der Waals surface area contributed by atoms with Crippen molar-refractivity contribution in [2.75, 3.05) is 0 Å². The highest BCUT2D eigenvalue weighted by Gasteiger charge is 2.09. The summed E-state index contributed by atoms with van der Waals surface area (Å²) in [5.41, 5.74) is 3.25. The number of hydrogen-bond acceptors (Lipinski definition) is 3. The maximum absolute atomic E-state index is 11.1. The largest absolute Gasteiger partial charge is 0.508 e. The zero-order chi connectivity index (χ0) is 14.8. The van der Waals surface area contributed by atoms with E-state index in [2.05, 4.69) is 4.98 Å². The topological polar surface area (TPSA) is 70.4 Å². The van der Waals surface area contributed by atoms with Crippen LogP contribution in [0.15, 0.2) is 54.7 Å². The van der Waals surface area contributed by atoms with Gasteiger partial charge in [0.15, 0.2) is 11.1 Å². The van der Waals surface area contributed by atoms with Crippen molar-refractivity contribution in [2.24, 2.45) is 0 Å². The van der Waals surface area contributed by atoms with E-state index in [1.165, 1.54) is 0 Å². The molecule has 0 amide bonds. The molecule has 106 valence electrons. The minimum atomic E-state index is -1.91. The molecule has 0 spiro atoms. The summed E-state index contributed by atoms with van der Waals surface area (Å²) < 4.78 is 20.2. The first-order valence-corrected chi connectivity index (χ1v) is 7.66. The van der Waals surface area contributed by atoms with Crippen molar-refractivity contribution in [2.45, 2.75) is 5.75 Å². The predicted molar refractivity (Wildman–Crippen MR) is 83.3 cm³/mol. The molecule has 0 fully saturated rings. The lowest BCUT2D eigenvalue weighted by Gasteiger charge is -2.09. The molecular weight excluding hydrogens is 286 g/mol. The smallest absolute Gasteiger partial charge is 0.157 e. The molecule has 0 saturated heterocycles. The molecule has 3 rings (SSSR count). The highest BCUT2D eigenvalue weighted by atomic mass is 32.2. The second kappa shape index (κ2) is 5.63. The molecule has 0 aliphatic heterocycles. The molecule has 4 nitrogen and oxygen atoms in total. The van der Waals surface area contributed by atoms with Gasteiger partial charge in [0, 0.05) is 11.6 Å². The summed E-state index contributed by atoms with van der Waals surface area (Å²) in [6.45, 7) is 0. The highest BCUT2D eigenvalue weighted by Crippen LogP contribution is 2.30. The number of aromatic hydroxyl groups is 1. The number of fused-ring (bicyclic) bond motifs is 1. The molecule has 2 aromatic carbocycles. The van der Waals surface area contributed by atoms with Crippen molar-refractivity contribution in [3.05, 3.63) is 60.3 Å². The van der Waals surface area contributed by atoms with Crippen LogP contribution >= 0.6 is 0 Å². The summed E-state index contributed by atoms with van der Waals surface area (Å²) in [7, 11) is 0. The first-order chi connectivity index (χ1) is 10.1. The van der Waals surface area contributed by atoms with Gasteiger partial charge in [0.2, 0.25) is 0 Å². The van der Waals surface area contributed by atoms with Gasteiger partial charge in [-0.15, -0.1) is 0 Å². The van der Waals surface area contributed by atoms with E-state index in [4.69, 9.17) is 4.55 Å². The zero-order valence-electron chi connectivity index (χ0n) is 11.1. The van der Waals surface area contributed by atoms with Gasteiger partial charge in [-0.1, -0.05) is 30.3 Å². The second-order valence-corrected chi connectivity index (χ2v) is 5.62. The fourth-order valence-electron chi connectivity index (χ4n) is 2.41. The number of benzene rings is 2. The molecule has 0 aliphatic carbocycles. The molecule has 5 heteroatoms. The van der Waals surface area contributed by atoms with E-state index < -0.39 is 11.1 Å². The van der Waals surface area contributed by atoms with Crippen molar-refractivity contribution in [3.63, 3.8) is 0 Å². The van der Waals surface area contributed by atoms with Crippen molar-refractivity contribution in [1.82, 2.24) is 4.98 Å². The predicted octanol–water partition coefficient (Wildman–Crippen LogP) is 3.33. The number of phenolic OH excluding ortho intramolecular Hbond substituents is 1. The van der Waals surface area contributed by atoms with Crippen LogP contribution in [0, 0.1) is 0 Å². The number of pyridine rings is 1. The Balaban J connectivity index is 2.23. The first kappa shape index (κ1) is 13.7. The van der Waals surface area contributed by atoms with E-state index in [0.29, 0.717) is 5.52 Å². The average Bonchev–Trinajstić information content (AvgIpc) is 2.46. The molecule has 1 heterocycles. The number of hydrogen-bond donors (Lipinski definition) is 2. The number of nitrogens with zero attached hydrogens (tertiary/aromatic N) is 1. The normalized spacial score (nSPS) is 12.4. The van der Waals surface area contributed by atoms with Crippen LogP contribution in [0.5, 0.6) is 5.75 Å². The van der Waals surface area contributed by atoms with Gasteiger partial charge in [-0.2, -0.15) is 0 Å². The Morgan fingerprint density at radius 3 is 2.67 bits per heavy atom. The fraction of sp³-hybridized carbons (Fsp3) is 0.0625. The van der Waals surface area contributed by atoms with Crippen LogP contribution in [-0.2, 0) is 16.8 Å². The van der Waals surface area contributed by atoms with E-state index in [1.54, 1.807) is 30.5 Å². The van der Waals surface area contributed by atoms with E-state index >= 15 is 0 Å². The van der Waals surface area contributed by atoms with Gasteiger partial charge in [0.25, 0.3) is 0 Å². The van der Waals surface area contributed by atoms with Gasteiger partial charge < -0.3 is 9.66 Å². The van der Waals surface area contributed by atoms with E-state index in [0.717, 1.165) is 22.1 Å². The molecule has 1 atom stereocenters. The van der Waals surface area contributed by atoms with Crippen molar-refractivity contribution in [3.8, 4) is 16.9 Å². The van der Waals surface area contributed by atoms with E-state index in [1.807, 2.05) is 24.3 Å². The van der Waals surface area contributed by atoms with Gasteiger partial charge in [-0.25, -0.2) is 4.21 Å². The average molecular weight is 299 g/mol. The van der Waals surface area contributed by atoms with Crippen molar-refractivity contribution >= 4 is 22.0 Å². The van der Waals surface area contributed by atoms with Gasteiger partial charge in [-0.05, 0) is 34.9 Å². The lowest BCUT2D eigenvalue weighted by Crippen LogP contribution is -1.96. The van der Waals surface area contributed by atoms with Gasteiger partial charge in [-0.3, -0.25) is 4.98 Å². The fourth-order valence-corrected chi connectivity index (χ4v) is 2.91. The number of para-hydroxylation sites is 1. The SMILES string of the molecule is O=S(O)Cc1cccc2c(-c3cccc(O)c3)ccnc12. The molecule has 21 heavy (non-hydrogen) atoms. The first-order valence-electron chi connectivity index (χ1n) is 6.38. The molecular formula is C16H13NO3S. The Bertz CT molecular complexity index is 833. The molecule has 0 bridgehead atoms. The van der Waals surface area contributed by atoms with E-state index in [9.17, 15) is 9.32 Å². The highest BCUT2D eigenvalue weighted by molar-refractivity contribution is 7.78. The standard InChI is InChI=1S/C16H13NO3S/c18-13-5-1-3-11(9-13)14-7-8-17-16-12(10-21(19)20)4-2-6-15(14)16/h1-9,18H,10H2,(H,19,20). The lowest BCUT2D eigenvalue weighted by atomic mass is 9.99. The lowest BCUT2D eigenvalue weighted by molar-refractivity contribution is 0.475. The van der Waals surface area contributed by atoms with Crippen LogP contribution in [0.4, 0.5) is 0 Å². The quantitative estimate of drug-likeness (QED) is 0.728. The third kappa shape index (κ3) is 2.79. The van der Waals surface area contributed by atoms with Crippen LogP contribution in [-0.4, -0.2) is 18.9 Å². The Labute approximate surface area is 124 Å². The minimum Gasteiger partial charge on any atom is -0.508 e. The number of phenols is 1. The van der Waals surface area contributed by atoms with Gasteiger partial charge >= 0.3 is 0 Å². The molecule has 1 unspecified atom stereocenters. The van der Waals surface area contributed by atoms with Crippen LogP contribution in [0.1, 0.15) is 5.56 Å². The summed E-state index contributed by atoms with van der Waals surface area (Å²) in [4.78, 5) is 4.33.